The molecule has 18 heavy (non-hydrogen) atoms. The fourth-order valence-corrected chi connectivity index (χ4v) is 1.54. The lowest BCUT2D eigenvalue weighted by molar-refractivity contribution is 0.217. The SMILES string of the molecule is CN(C)C(=O)NCCNCc1ccc(Br)c(F)c1. The van der Waals surface area contributed by atoms with Crippen molar-refractivity contribution in [3.05, 3.63) is 34.1 Å². The zero-order valence-corrected chi connectivity index (χ0v) is 12.1. The molecule has 4 nitrogen and oxygen atoms in total. The average molecular weight is 318 g/mol. The third kappa shape index (κ3) is 5.01. The second-order valence-electron chi connectivity index (χ2n) is 4.05. The van der Waals surface area contributed by atoms with Crippen molar-refractivity contribution in [1.29, 1.82) is 0 Å². The maximum absolute atomic E-state index is 13.2. The van der Waals surface area contributed by atoms with Crippen molar-refractivity contribution in [3.63, 3.8) is 0 Å². The zero-order valence-electron chi connectivity index (χ0n) is 10.5. The molecule has 0 aliphatic heterocycles. The zero-order chi connectivity index (χ0) is 13.5. The van der Waals surface area contributed by atoms with Crippen LogP contribution in [-0.2, 0) is 6.54 Å². The van der Waals surface area contributed by atoms with Crippen LogP contribution in [0.4, 0.5) is 9.18 Å². The predicted molar refractivity (Wildman–Crippen MR) is 72.9 cm³/mol. The maximum atomic E-state index is 13.2. The summed E-state index contributed by atoms with van der Waals surface area (Å²) in [5.41, 5.74) is 0.870. The van der Waals surface area contributed by atoms with Crippen LogP contribution in [0.1, 0.15) is 5.56 Å². The molecule has 2 N–H and O–H groups in total. The van der Waals surface area contributed by atoms with E-state index in [4.69, 9.17) is 0 Å². The van der Waals surface area contributed by atoms with Gasteiger partial charge >= 0.3 is 6.03 Å². The van der Waals surface area contributed by atoms with Gasteiger partial charge in [0.05, 0.1) is 4.47 Å². The Morgan fingerprint density at radius 1 is 1.39 bits per heavy atom. The van der Waals surface area contributed by atoms with Crippen LogP contribution in [0.3, 0.4) is 0 Å². The van der Waals surface area contributed by atoms with Crippen molar-refractivity contribution in [2.75, 3.05) is 27.2 Å². The van der Waals surface area contributed by atoms with Gasteiger partial charge in [-0.15, -0.1) is 0 Å². The Balaban J connectivity index is 2.22. The largest absolute Gasteiger partial charge is 0.337 e. The van der Waals surface area contributed by atoms with Gasteiger partial charge < -0.3 is 15.5 Å². The highest BCUT2D eigenvalue weighted by Crippen LogP contribution is 2.16. The second-order valence-corrected chi connectivity index (χ2v) is 4.91. The van der Waals surface area contributed by atoms with Gasteiger partial charge in [0.25, 0.3) is 0 Å². The molecule has 0 atom stereocenters. The van der Waals surface area contributed by atoms with Crippen LogP contribution in [0.2, 0.25) is 0 Å². The molecular weight excluding hydrogens is 301 g/mol. The summed E-state index contributed by atoms with van der Waals surface area (Å²) in [6.45, 7) is 1.75. The van der Waals surface area contributed by atoms with E-state index >= 15 is 0 Å². The highest BCUT2D eigenvalue weighted by molar-refractivity contribution is 9.10. The lowest BCUT2D eigenvalue weighted by Gasteiger charge is -2.12. The van der Waals surface area contributed by atoms with E-state index in [0.717, 1.165) is 5.56 Å². The van der Waals surface area contributed by atoms with E-state index in [1.54, 1.807) is 20.2 Å². The van der Waals surface area contributed by atoms with Gasteiger partial charge in [-0.2, -0.15) is 0 Å². The van der Waals surface area contributed by atoms with Gasteiger partial charge in [0.1, 0.15) is 5.82 Å². The first-order valence-corrected chi connectivity index (χ1v) is 6.40. The smallest absolute Gasteiger partial charge is 0.316 e. The third-order valence-electron chi connectivity index (χ3n) is 2.30. The van der Waals surface area contributed by atoms with Crippen molar-refractivity contribution in [2.24, 2.45) is 0 Å². The summed E-state index contributed by atoms with van der Waals surface area (Å²) in [4.78, 5) is 12.7. The fourth-order valence-electron chi connectivity index (χ4n) is 1.30. The number of halogens is 2. The molecular formula is C12H17BrFN3O. The molecule has 0 saturated heterocycles. The van der Waals surface area contributed by atoms with E-state index in [-0.39, 0.29) is 11.8 Å². The van der Waals surface area contributed by atoms with Gasteiger partial charge in [-0.05, 0) is 33.6 Å². The molecule has 2 amide bonds. The normalized spacial score (nSPS) is 10.2. The Hall–Kier alpha value is -1.14. The van der Waals surface area contributed by atoms with Crippen LogP contribution in [0, 0.1) is 5.82 Å². The number of benzene rings is 1. The number of rotatable bonds is 5. The third-order valence-corrected chi connectivity index (χ3v) is 2.94. The Labute approximate surface area is 115 Å². The molecule has 1 rings (SSSR count). The Morgan fingerprint density at radius 2 is 2.11 bits per heavy atom. The van der Waals surface area contributed by atoms with Gasteiger partial charge in [0.15, 0.2) is 0 Å². The van der Waals surface area contributed by atoms with E-state index in [2.05, 4.69) is 26.6 Å². The molecule has 0 fully saturated rings. The topological polar surface area (TPSA) is 44.4 Å². The summed E-state index contributed by atoms with van der Waals surface area (Å²) < 4.78 is 13.7. The van der Waals surface area contributed by atoms with Gasteiger partial charge in [-0.3, -0.25) is 0 Å². The summed E-state index contributed by atoms with van der Waals surface area (Å²) in [6.07, 6.45) is 0. The van der Waals surface area contributed by atoms with Crippen LogP contribution in [0.25, 0.3) is 0 Å². The Bertz CT molecular complexity index is 412. The molecule has 100 valence electrons. The van der Waals surface area contributed by atoms with Gasteiger partial charge in [-0.25, -0.2) is 9.18 Å². The molecule has 0 unspecified atom stereocenters. The lowest BCUT2D eigenvalue weighted by atomic mass is 10.2. The molecule has 0 aromatic heterocycles. The average Bonchev–Trinajstić information content (AvgIpc) is 2.32. The lowest BCUT2D eigenvalue weighted by Crippen LogP contribution is -2.38. The van der Waals surface area contributed by atoms with E-state index in [9.17, 15) is 9.18 Å². The standard InChI is InChI=1S/C12H17BrFN3O/c1-17(2)12(18)16-6-5-15-8-9-3-4-10(13)11(14)7-9/h3-4,7,15H,5-6,8H2,1-2H3,(H,16,18). The number of amides is 2. The quantitative estimate of drug-likeness (QED) is 0.815. The van der Waals surface area contributed by atoms with Crippen molar-refractivity contribution >= 4 is 22.0 Å². The Kier molecular flexibility index (Phi) is 6.07. The molecule has 1 aromatic carbocycles. The van der Waals surface area contributed by atoms with Crippen LogP contribution in [0.5, 0.6) is 0 Å². The number of hydrogen-bond acceptors (Lipinski definition) is 2. The first-order chi connectivity index (χ1) is 8.50. The molecule has 0 aliphatic carbocycles. The van der Waals surface area contributed by atoms with Crippen molar-refractivity contribution in [1.82, 2.24) is 15.5 Å². The summed E-state index contributed by atoms with van der Waals surface area (Å²) in [6, 6.07) is 4.89. The van der Waals surface area contributed by atoms with Gasteiger partial charge in [0, 0.05) is 33.7 Å². The highest BCUT2D eigenvalue weighted by atomic mass is 79.9. The number of nitrogens with one attached hydrogen (secondary N) is 2. The minimum atomic E-state index is -0.268. The molecule has 0 spiro atoms. The summed E-state index contributed by atoms with van der Waals surface area (Å²) in [5, 5.41) is 5.86. The fraction of sp³-hybridized carbons (Fsp3) is 0.417. The van der Waals surface area contributed by atoms with Gasteiger partial charge in [-0.1, -0.05) is 6.07 Å². The monoisotopic (exact) mass is 317 g/mol. The number of hydrogen-bond donors (Lipinski definition) is 2. The molecule has 6 heteroatoms. The van der Waals surface area contributed by atoms with Crippen LogP contribution >= 0.6 is 15.9 Å². The van der Waals surface area contributed by atoms with Crippen LogP contribution < -0.4 is 10.6 Å². The van der Waals surface area contributed by atoms with Gasteiger partial charge in [0.2, 0.25) is 0 Å². The number of carbonyl (C=O) groups is 1. The minimum Gasteiger partial charge on any atom is -0.337 e. The van der Waals surface area contributed by atoms with E-state index in [1.807, 2.05) is 6.07 Å². The van der Waals surface area contributed by atoms with Crippen LogP contribution in [0.15, 0.2) is 22.7 Å². The minimum absolute atomic E-state index is 0.119. The van der Waals surface area contributed by atoms with Crippen molar-refractivity contribution in [3.8, 4) is 0 Å². The number of nitrogens with zero attached hydrogens (tertiary/aromatic N) is 1. The molecule has 0 saturated carbocycles. The summed E-state index contributed by atoms with van der Waals surface area (Å²) in [7, 11) is 3.38. The van der Waals surface area contributed by atoms with Crippen molar-refractivity contribution in [2.45, 2.75) is 6.54 Å². The second kappa shape index (κ2) is 7.33. The predicted octanol–water partition coefficient (Wildman–Crippen LogP) is 1.95. The Morgan fingerprint density at radius 3 is 2.72 bits per heavy atom. The van der Waals surface area contributed by atoms with E-state index in [1.165, 1.54) is 11.0 Å². The summed E-state index contributed by atoms with van der Waals surface area (Å²) in [5.74, 6) is -0.268. The first kappa shape index (κ1) is 14.9. The van der Waals surface area contributed by atoms with E-state index < -0.39 is 0 Å². The van der Waals surface area contributed by atoms with Crippen molar-refractivity contribution < 1.29 is 9.18 Å². The maximum Gasteiger partial charge on any atom is 0.316 e. The van der Waals surface area contributed by atoms with Crippen LogP contribution in [-0.4, -0.2) is 38.1 Å². The molecule has 0 aliphatic rings. The summed E-state index contributed by atoms with van der Waals surface area (Å²) >= 11 is 3.10. The molecule has 0 radical (unpaired) electrons. The molecule has 0 heterocycles. The molecule has 0 bridgehead atoms. The number of carbonyl (C=O) groups excluding carboxylic acids is 1. The highest BCUT2D eigenvalue weighted by Gasteiger charge is 2.02. The molecule has 1 aromatic rings. The first-order valence-electron chi connectivity index (χ1n) is 5.60. The van der Waals surface area contributed by atoms with E-state index in [0.29, 0.717) is 24.1 Å². The number of urea groups is 1.